The summed E-state index contributed by atoms with van der Waals surface area (Å²) in [6.07, 6.45) is 1.57. The number of amides is 1. The number of methoxy groups -OCH3 is 1. The molecule has 3 aromatic heterocycles. The van der Waals surface area contributed by atoms with E-state index in [1.54, 1.807) is 43.8 Å². The first kappa shape index (κ1) is 17.8. The number of hydrogen-bond acceptors (Lipinski definition) is 5. The SMILES string of the molecule is COc1ccccc1CNC(=O)[C@@H](C)n1nc(C)n2c(cc3occc32)c1=O. The maximum absolute atomic E-state index is 12.9. The monoisotopic (exact) mass is 380 g/mol. The normalized spacial score (nSPS) is 12.4. The summed E-state index contributed by atoms with van der Waals surface area (Å²) in [5.74, 6) is 0.980. The Morgan fingerprint density at radius 1 is 1.29 bits per heavy atom. The second-order valence-electron chi connectivity index (χ2n) is 6.54. The largest absolute Gasteiger partial charge is 0.496 e. The molecule has 8 heteroatoms. The van der Waals surface area contributed by atoms with Crippen LogP contribution in [0.2, 0.25) is 0 Å². The van der Waals surface area contributed by atoms with Crippen molar-refractivity contribution in [2.75, 3.05) is 7.11 Å². The van der Waals surface area contributed by atoms with E-state index in [4.69, 9.17) is 9.15 Å². The lowest BCUT2D eigenvalue weighted by atomic mass is 10.2. The van der Waals surface area contributed by atoms with Gasteiger partial charge in [-0.15, -0.1) is 0 Å². The van der Waals surface area contributed by atoms with Gasteiger partial charge in [0.05, 0.1) is 18.9 Å². The van der Waals surface area contributed by atoms with Crippen LogP contribution in [0.5, 0.6) is 5.75 Å². The summed E-state index contributed by atoms with van der Waals surface area (Å²) in [7, 11) is 1.58. The summed E-state index contributed by atoms with van der Waals surface area (Å²) in [4.78, 5) is 25.6. The van der Waals surface area contributed by atoms with Crippen molar-refractivity contribution in [1.29, 1.82) is 0 Å². The summed E-state index contributed by atoms with van der Waals surface area (Å²) >= 11 is 0. The molecule has 1 N–H and O–H groups in total. The minimum atomic E-state index is -0.771. The standard InChI is InChI=1S/C20H20N4O4/c1-12(19(25)21-11-14-6-4-5-7-17(14)27-3)24-20(26)16-10-18-15(8-9-28-18)23(16)13(2)22-24/h4-10,12H,11H2,1-3H3,(H,21,25)/t12-/m1/s1. The third kappa shape index (κ3) is 2.83. The van der Waals surface area contributed by atoms with Crippen molar-refractivity contribution in [3.8, 4) is 5.75 Å². The fraction of sp³-hybridized carbons (Fsp3) is 0.250. The molecule has 0 bridgehead atoms. The Bertz CT molecular complexity index is 1230. The second-order valence-corrected chi connectivity index (χ2v) is 6.54. The Hall–Kier alpha value is -3.55. The first-order chi connectivity index (χ1) is 13.5. The lowest BCUT2D eigenvalue weighted by Gasteiger charge is -2.16. The Balaban J connectivity index is 1.63. The molecule has 0 unspecified atom stereocenters. The van der Waals surface area contributed by atoms with Gasteiger partial charge in [0.15, 0.2) is 5.58 Å². The quantitative estimate of drug-likeness (QED) is 0.574. The van der Waals surface area contributed by atoms with Crippen LogP contribution >= 0.6 is 0 Å². The Morgan fingerprint density at radius 2 is 2.07 bits per heavy atom. The zero-order chi connectivity index (χ0) is 19.8. The molecule has 28 heavy (non-hydrogen) atoms. The molecule has 1 atom stereocenters. The van der Waals surface area contributed by atoms with Crippen molar-refractivity contribution >= 4 is 22.5 Å². The molecule has 144 valence electrons. The average molecular weight is 380 g/mol. The summed E-state index contributed by atoms with van der Waals surface area (Å²) < 4.78 is 13.6. The van der Waals surface area contributed by atoms with Gasteiger partial charge in [-0.05, 0) is 19.9 Å². The average Bonchev–Trinajstić information content (AvgIpc) is 3.30. The molecule has 0 saturated heterocycles. The topological polar surface area (TPSA) is 90.8 Å². The highest BCUT2D eigenvalue weighted by atomic mass is 16.5. The number of carbonyl (C=O) groups is 1. The molecule has 4 rings (SSSR count). The van der Waals surface area contributed by atoms with Crippen molar-refractivity contribution in [2.24, 2.45) is 0 Å². The van der Waals surface area contributed by atoms with E-state index in [9.17, 15) is 9.59 Å². The summed E-state index contributed by atoms with van der Waals surface area (Å²) in [6.45, 7) is 3.73. The number of ether oxygens (including phenoxy) is 1. The van der Waals surface area contributed by atoms with Crippen LogP contribution in [-0.2, 0) is 11.3 Å². The number of aromatic nitrogens is 3. The van der Waals surface area contributed by atoms with Gasteiger partial charge in [-0.3, -0.25) is 14.0 Å². The first-order valence-electron chi connectivity index (χ1n) is 8.89. The van der Waals surface area contributed by atoms with E-state index in [1.165, 1.54) is 4.68 Å². The van der Waals surface area contributed by atoms with E-state index in [1.807, 2.05) is 24.3 Å². The number of benzene rings is 1. The van der Waals surface area contributed by atoms with Gasteiger partial charge in [-0.2, -0.15) is 5.10 Å². The van der Waals surface area contributed by atoms with Gasteiger partial charge in [-0.1, -0.05) is 18.2 Å². The highest BCUT2D eigenvalue weighted by molar-refractivity contribution is 5.83. The smallest absolute Gasteiger partial charge is 0.291 e. The Labute approximate surface area is 160 Å². The van der Waals surface area contributed by atoms with E-state index in [2.05, 4.69) is 10.4 Å². The van der Waals surface area contributed by atoms with Gasteiger partial charge in [0.1, 0.15) is 23.1 Å². The third-order valence-electron chi connectivity index (χ3n) is 4.82. The minimum absolute atomic E-state index is 0.293. The molecule has 1 aromatic carbocycles. The van der Waals surface area contributed by atoms with Crippen LogP contribution in [0.3, 0.4) is 0 Å². The molecule has 0 spiro atoms. The molecule has 8 nitrogen and oxygen atoms in total. The number of para-hydroxylation sites is 1. The van der Waals surface area contributed by atoms with Gasteiger partial charge >= 0.3 is 0 Å². The number of aryl methyl sites for hydroxylation is 1. The molecule has 0 radical (unpaired) electrons. The number of hydrogen-bond donors (Lipinski definition) is 1. The maximum Gasteiger partial charge on any atom is 0.291 e. The Kier molecular flexibility index (Phi) is 4.38. The third-order valence-corrected chi connectivity index (χ3v) is 4.82. The van der Waals surface area contributed by atoms with Gasteiger partial charge in [-0.25, -0.2) is 4.68 Å². The van der Waals surface area contributed by atoms with Crippen LogP contribution in [0.1, 0.15) is 24.4 Å². The van der Waals surface area contributed by atoms with Gasteiger partial charge < -0.3 is 14.5 Å². The van der Waals surface area contributed by atoms with E-state index < -0.39 is 6.04 Å². The van der Waals surface area contributed by atoms with E-state index >= 15 is 0 Å². The summed E-state index contributed by atoms with van der Waals surface area (Å²) in [5, 5.41) is 7.20. The maximum atomic E-state index is 12.9. The minimum Gasteiger partial charge on any atom is -0.496 e. The van der Waals surface area contributed by atoms with Crippen molar-refractivity contribution in [3.05, 3.63) is 64.4 Å². The van der Waals surface area contributed by atoms with Gasteiger partial charge in [0.25, 0.3) is 5.56 Å². The number of rotatable bonds is 5. The highest BCUT2D eigenvalue weighted by Crippen LogP contribution is 2.21. The molecule has 0 saturated carbocycles. The van der Waals surface area contributed by atoms with E-state index in [0.717, 1.165) is 11.1 Å². The fourth-order valence-corrected chi connectivity index (χ4v) is 3.35. The van der Waals surface area contributed by atoms with Crippen molar-refractivity contribution in [2.45, 2.75) is 26.4 Å². The molecule has 0 aliphatic carbocycles. The molecular formula is C20H20N4O4. The summed E-state index contributed by atoms with van der Waals surface area (Å²) in [6, 6.07) is 10.1. The molecule has 0 aliphatic rings. The number of nitrogens with one attached hydrogen (secondary N) is 1. The van der Waals surface area contributed by atoms with Crippen LogP contribution in [0.15, 0.2) is 51.9 Å². The van der Waals surface area contributed by atoms with Crippen molar-refractivity contribution < 1.29 is 13.9 Å². The van der Waals surface area contributed by atoms with Crippen LogP contribution in [0.25, 0.3) is 16.6 Å². The lowest BCUT2D eigenvalue weighted by Crippen LogP contribution is -2.38. The Morgan fingerprint density at radius 3 is 2.86 bits per heavy atom. The molecular weight excluding hydrogens is 360 g/mol. The van der Waals surface area contributed by atoms with E-state index in [0.29, 0.717) is 29.2 Å². The fourth-order valence-electron chi connectivity index (χ4n) is 3.35. The van der Waals surface area contributed by atoms with Crippen molar-refractivity contribution in [3.63, 3.8) is 0 Å². The number of nitrogens with zero attached hydrogens (tertiary/aromatic N) is 3. The molecule has 1 amide bonds. The molecule has 4 aromatic rings. The van der Waals surface area contributed by atoms with Gasteiger partial charge in [0, 0.05) is 24.2 Å². The van der Waals surface area contributed by atoms with E-state index in [-0.39, 0.29) is 11.5 Å². The van der Waals surface area contributed by atoms with Crippen molar-refractivity contribution in [1.82, 2.24) is 19.5 Å². The van der Waals surface area contributed by atoms with Crippen LogP contribution in [0.4, 0.5) is 0 Å². The van der Waals surface area contributed by atoms with Crippen LogP contribution in [-0.4, -0.2) is 27.2 Å². The predicted molar refractivity (Wildman–Crippen MR) is 104 cm³/mol. The lowest BCUT2D eigenvalue weighted by molar-refractivity contribution is -0.124. The molecule has 0 fully saturated rings. The molecule has 3 heterocycles. The summed E-state index contributed by atoms with van der Waals surface area (Å²) in [5.41, 5.74) is 2.30. The number of fused-ring (bicyclic) bond motifs is 3. The number of carbonyl (C=O) groups excluding carboxylic acids is 1. The van der Waals surface area contributed by atoms with Crippen LogP contribution in [0, 0.1) is 6.92 Å². The highest BCUT2D eigenvalue weighted by Gasteiger charge is 2.21. The predicted octanol–water partition coefficient (Wildman–Crippen LogP) is 2.44. The zero-order valence-electron chi connectivity index (χ0n) is 15.8. The second kappa shape index (κ2) is 6.88. The van der Waals surface area contributed by atoms with Gasteiger partial charge in [0.2, 0.25) is 5.91 Å². The zero-order valence-corrected chi connectivity index (χ0v) is 15.8. The first-order valence-corrected chi connectivity index (χ1v) is 8.89. The number of furan rings is 1. The molecule has 0 aliphatic heterocycles. The van der Waals surface area contributed by atoms with Crippen LogP contribution < -0.4 is 15.6 Å².